The largest absolute Gasteiger partial charge is 0.490 e. The normalized spacial score (nSPS) is 13.2. The van der Waals surface area contributed by atoms with Crippen LogP contribution in [0.2, 0.25) is 0 Å². The summed E-state index contributed by atoms with van der Waals surface area (Å²) in [4.78, 5) is 37.0. The summed E-state index contributed by atoms with van der Waals surface area (Å²) in [6.07, 6.45) is 6.13. The number of rotatable bonds is 6. The van der Waals surface area contributed by atoms with Gasteiger partial charge in [-0.3, -0.25) is 23.8 Å². The van der Waals surface area contributed by atoms with E-state index < -0.39 is 12.1 Å². The molecule has 0 saturated heterocycles. The Hall–Kier alpha value is -4.29. The lowest BCUT2D eigenvalue weighted by Crippen LogP contribution is -2.27. The minimum absolute atomic E-state index is 0.166. The van der Waals surface area contributed by atoms with Crippen molar-refractivity contribution in [1.29, 1.82) is 0 Å². The summed E-state index contributed by atoms with van der Waals surface area (Å²) in [5.41, 5.74) is 2.79. The van der Waals surface area contributed by atoms with Gasteiger partial charge >= 0.3 is 12.1 Å². The summed E-state index contributed by atoms with van der Waals surface area (Å²) in [6, 6.07) is 7.62. The van der Waals surface area contributed by atoms with Gasteiger partial charge in [0.05, 0.1) is 24.0 Å². The lowest BCUT2D eigenvalue weighted by Gasteiger charge is -2.15. The van der Waals surface area contributed by atoms with Gasteiger partial charge in [0.1, 0.15) is 5.69 Å². The highest BCUT2D eigenvalue weighted by molar-refractivity contribution is 5.99. The predicted octanol–water partition coefficient (Wildman–Crippen LogP) is 3.30. The maximum absolute atomic E-state index is 13.2. The molecule has 10 nitrogen and oxygen atoms in total. The Morgan fingerprint density at radius 2 is 1.92 bits per heavy atom. The van der Waals surface area contributed by atoms with Crippen molar-refractivity contribution in [3.05, 3.63) is 66.6 Å². The predicted molar refractivity (Wildman–Crippen MR) is 121 cm³/mol. The summed E-state index contributed by atoms with van der Waals surface area (Å²) < 4.78 is 35.6. The second-order valence-corrected chi connectivity index (χ2v) is 8.24. The Morgan fingerprint density at radius 1 is 1.17 bits per heavy atom. The van der Waals surface area contributed by atoms with Crippen LogP contribution in [0.25, 0.3) is 17.0 Å². The molecule has 36 heavy (non-hydrogen) atoms. The van der Waals surface area contributed by atoms with E-state index in [2.05, 4.69) is 15.1 Å². The zero-order valence-electron chi connectivity index (χ0n) is 19.1. The van der Waals surface area contributed by atoms with Crippen LogP contribution in [0, 0.1) is 5.92 Å². The SMILES string of the molecule is CN(Cc1ccccn1)C(=O)c1nc(-c2ccnn2CC2CC2)n2ccncc12.O=C(O)C(F)(F)F. The first-order valence-electron chi connectivity index (χ1n) is 10.9. The molecule has 0 spiro atoms. The zero-order chi connectivity index (χ0) is 25.9. The molecule has 1 N–H and O–H groups in total. The molecule has 0 atom stereocenters. The highest BCUT2D eigenvalue weighted by Gasteiger charge is 2.38. The summed E-state index contributed by atoms with van der Waals surface area (Å²) in [6.45, 7) is 1.29. The maximum Gasteiger partial charge on any atom is 0.490 e. The number of carbonyl (C=O) groups excluding carboxylic acids is 1. The first-order valence-corrected chi connectivity index (χ1v) is 10.9. The number of aromatic nitrogens is 6. The number of hydrogen-bond donors (Lipinski definition) is 1. The molecule has 1 saturated carbocycles. The molecule has 1 amide bonds. The van der Waals surface area contributed by atoms with Crippen molar-refractivity contribution < 1.29 is 27.9 Å². The summed E-state index contributed by atoms with van der Waals surface area (Å²) in [5, 5.41) is 11.6. The number of imidazole rings is 1. The monoisotopic (exact) mass is 501 g/mol. The smallest absolute Gasteiger partial charge is 0.475 e. The first-order chi connectivity index (χ1) is 17.1. The number of hydrogen-bond acceptors (Lipinski definition) is 6. The van der Waals surface area contributed by atoms with E-state index in [0.29, 0.717) is 29.5 Å². The van der Waals surface area contributed by atoms with E-state index in [-0.39, 0.29) is 5.91 Å². The molecule has 4 heterocycles. The van der Waals surface area contributed by atoms with E-state index in [1.165, 1.54) is 12.8 Å². The molecule has 0 radical (unpaired) electrons. The standard InChI is InChI=1S/C21H21N7O.C2HF3O2/c1-26(14-16-4-2-3-8-23-16)21(29)19-18-12-22-10-11-27(18)20(25-19)17-7-9-24-28(17)13-15-5-6-15;3-2(4,5)1(6)7/h2-4,7-12,15H,5-6,13-14H2,1H3;(H,6,7). The molecule has 0 aromatic carbocycles. The van der Waals surface area contributed by atoms with Gasteiger partial charge in [-0.15, -0.1) is 0 Å². The molecule has 1 aliphatic rings. The van der Waals surface area contributed by atoms with Crippen molar-refractivity contribution in [2.45, 2.75) is 32.1 Å². The average Bonchev–Trinajstić information content (AvgIpc) is 3.41. The minimum Gasteiger partial charge on any atom is -0.475 e. The van der Waals surface area contributed by atoms with Crippen molar-refractivity contribution >= 4 is 17.4 Å². The number of amides is 1. The van der Waals surface area contributed by atoms with E-state index >= 15 is 0 Å². The van der Waals surface area contributed by atoms with Crippen LogP contribution in [-0.2, 0) is 17.9 Å². The first kappa shape index (κ1) is 24.8. The summed E-state index contributed by atoms with van der Waals surface area (Å²) in [7, 11) is 1.76. The third-order valence-corrected chi connectivity index (χ3v) is 5.44. The van der Waals surface area contributed by atoms with Crippen molar-refractivity contribution in [3.8, 4) is 11.5 Å². The summed E-state index contributed by atoms with van der Waals surface area (Å²) >= 11 is 0. The van der Waals surface area contributed by atoms with Gasteiger partial charge in [0, 0.05) is 38.4 Å². The van der Waals surface area contributed by atoms with Gasteiger partial charge in [0.2, 0.25) is 0 Å². The van der Waals surface area contributed by atoms with Crippen molar-refractivity contribution in [2.24, 2.45) is 5.92 Å². The van der Waals surface area contributed by atoms with Crippen molar-refractivity contribution in [1.82, 2.24) is 34.0 Å². The third kappa shape index (κ3) is 5.67. The lowest BCUT2D eigenvalue weighted by atomic mass is 10.3. The van der Waals surface area contributed by atoms with Gasteiger partial charge < -0.3 is 10.0 Å². The van der Waals surface area contributed by atoms with Crippen LogP contribution in [0.3, 0.4) is 0 Å². The van der Waals surface area contributed by atoms with E-state index in [1.54, 1.807) is 36.7 Å². The number of aliphatic carboxylic acids is 1. The maximum atomic E-state index is 13.2. The zero-order valence-corrected chi connectivity index (χ0v) is 19.1. The average molecular weight is 501 g/mol. The molecule has 4 aromatic heterocycles. The summed E-state index contributed by atoms with van der Waals surface area (Å²) in [5.74, 6) is -1.53. The van der Waals surface area contributed by atoms with Gasteiger partial charge in [0.25, 0.3) is 5.91 Å². The quantitative estimate of drug-likeness (QED) is 0.431. The Balaban J connectivity index is 0.000000384. The van der Waals surface area contributed by atoms with Gasteiger partial charge in [-0.25, -0.2) is 9.78 Å². The van der Waals surface area contributed by atoms with E-state index in [4.69, 9.17) is 14.9 Å². The molecule has 4 aromatic rings. The van der Waals surface area contributed by atoms with Crippen LogP contribution in [0.1, 0.15) is 29.0 Å². The number of alkyl halides is 3. The highest BCUT2D eigenvalue weighted by atomic mass is 19.4. The number of carbonyl (C=O) groups is 2. The van der Waals surface area contributed by atoms with E-state index in [1.807, 2.05) is 39.5 Å². The van der Waals surface area contributed by atoms with Crippen LogP contribution in [-0.4, -0.2) is 64.2 Å². The Labute approximate surface area is 203 Å². The number of nitrogens with zero attached hydrogens (tertiary/aromatic N) is 7. The topological polar surface area (TPSA) is 119 Å². The Bertz CT molecular complexity index is 1360. The highest BCUT2D eigenvalue weighted by Crippen LogP contribution is 2.32. The van der Waals surface area contributed by atoms with E-state index in [9.17, 15) is 18.0 Å². The molecule has 1 fully saturated rings. The third-order valence-electron chi connectivity index (χ3n) is 5.44. The fourth-order valence-corrected chi connectivity index (χ4v) is 3.48. The van der Waals surface area contributed by atoms with Gasteiger partial charge in [-0.05, 0) is 37.0 Å². The minimum atomic E-state index is -5.08. The number of fused-ring (bicyclic) bond motifs is 1. The van der Waals surface area contributed by atoms with Crippen LogP contribution in [0.15, 0.2) is 55.2 Å². The molecule has 0 bridgehead atoms. The van der Waals surface area contributed by atoms with Gasteiger partial charge in [0.15, 0.2) is 11.5 Å². The second-order valence-electron chi connectivity index (χ2n) is 8.24. The van der Waals surface area contributed by atoms with Crippen LogP contribution >= 0.6 is 0 Å². The molecular weight excluding hydrogens is 479 g/mol. The molecule has 5 rings (SSSR count). The number of carboxylic acid groups (broad SMARTS) is 1. The Morgan fingerprint density at radius 3 is 2.56 bits per heavy atom. The lowest BCUT2D eigenvalue weighted by molar-refractivity contribution is -0.192. The van der Waals surface area contributed by atoms with Gasteiger partial charge in [-0.2, -0.15) is 18.3 Å². The molecule has 1 aliphatic carbocycles. The van der Waals surface area contributed by atoms with Crippen molar-refractivity contribution in [2.75, 3.05) is 7.05 Å². The fraction of sp³-hybridized carbons (Fsp3) is 0.304. The van der Waals surface area contributed by atoms with Crippen molar-refractivity contribution in [3.63, 3.8) is 0 Å². The number of pyridine rings is 1. The molecule has 188 valence electrons. The number of carboxylic acids is 1. The fourth-order valence-electron chi connectivity index (χ4n) is 3.48. The molecular formula is C23H22F3N7O3. The van der Waals surface area contributed by atoms with Crippen LogP contribution in [0.4, 0.5) is 13.2 Å². The second kappa shape index (κ2) is 10.1. The molecule has 0 aliphatic heterocycles. The molecule has 0 unspecified atom stereocenters. The Kier molecular flexibility index (Phi) is 6.99. The molecule has 13 heteroatoms. The van der Waals surface area contributed by atoms with Crippen LogP contribution in [0.5, 0.6) is 0 Å². The van der Waals surface area contributed by atoms with E-state index in [0.717, 1.165) is 17.9 Å². The van der Waals surface area contributed by atoms with Crippen LogP contribution < -0.4 is 0 Å². The number of halogens is 3. The van der Waals surface area contributed by atoms with Gasteiger partial charge in [-0.1, -0.05) is 6.07 Å².